The summed E-state index contributed by atoms with van der Waals surface area (Å²) in [7, 11) is 1.29. The third-order valence-corrected chi connectivity index (χ3v) is 11.8. The van der Waals surface area contributed by atoms with Crippen LogP contribution in [-0.2, 0) is 54.1 Å². The fourth-order valence-corrected chi connectivity index (χ4v) is 8.65. The quantitative estimate of drug-likeness (QED) is 0.131. The van der Waals surface area contributed by atoms with Crippen molar-refractivity contribution in [2.75, 3.05) is 13.7 Å². The Morgan fingerprint density at radius 2 is 1.62 bits per heavy atom. The van der Waals surface area contributed by atoms with Gasteiger partial charge in [0.2, 0.25) is 5.91 Å². The molecule has 16 nitrogen and oxygen atoms in total. The summed E-state index contributed by atoms with van der Waals surface area (Å²) in [4.78, 5) is 38.3. The first-order valence-electron chi connectivity index (χ1n) is 20.0. The molecule has 16 heteroatoms. The second kappa shape index (κ2) is 20.8. The monoisotopic (exact) mass is 795 g/mol. The number of esters is 1. The minimum absolute atomic E-state index is 0.0563. The molecular weight excluding hydrogens is 734 g/mol. The molecule has 1 aromatic carbocycles. The summed E-state index contributed by atoms with van der Waals surface area (Å²) in [5.74, 6) is -3.12. The van der Waals surface area contributed by atoms with E-state index in [-0.39, 0.29) is 31.3 Å². The zero-order valence-corrected chi connectivity index (χ0v) is 32.7. The van der Waals surface area contributed by atoms with Gasteiger partial charge in [0.25, 0.3) is 0 Å². The maximum Gasteiger partial charge on any atom is 0.332 e. The summed E-state index contributed by atoms with van der Waals surface area (Å²) < 4.78 is 43.1. The van der Waals surface area contributed by atoms with E-state index in [0.29, 0.717) is 12.8 Å². The van der Waals surface area contributed by atoms with Crippen LogP contribution in [0.5, 0.6) is 0 Å². The molecule has 4 fully saturated rings. The van der Waals surface area contributed by atoms with Gasteiger partial charge < -0.3 is 64.0 Å². The molecule has 2 aliphatic carbocycles. The zero-order valence-electron chi connectivity index (χ0n) is 32.7. The maximum absolute atomic E-state index is 13.1. The van der Waals surface area contributed by atoms with Gasteiger partial charge in [-0.15, -0.1) is 0 Å². The predicted molar refractivity (Wildman–Crippen MR) is 196 cm³/mol. The van der Waals surface area contributed by atoms with Crippen molar-refractivity contribution in [3.05, 3.63) is 35.9 Å². The van der Waals surface area contributed by atoms with Gasteiger partial charge in [-0.3, -0.25) is 9.59 Å². The van der Waals surface area contributed by atoms with Crippen molar-refractivity contribution in [2.24, 2.45) is 17.8 Å². The van der Waals surface area contributed by atoms with Crippen LogP contribution in [0.2, 0.25) is 0 Å². The van der Waals surface area contributed by atoms with Gasteiger partial charge in [-0.1, -0.05) is 75.8 Å². The highest BCUT2D eigenvalue weighted by atomic mass is 16.7. The third kappa shape index (κ3) is 11.0. The van der Waals surface area contributed by atoms with Crippen molar-refractivity contribution in [2.45, 2.75) is 165 Å². The molecule has 0 radical (unpaired) electrons. The summed E-state index contributed by atoms with van der Waals surface area (Å²) in [5.41, 5.74) is 0.817. The fourth-order valence-electron chi connectivity index (χ4n) is 8.65. The number of hydrogen-bond donors (Lipinski definition) is 6. The molecule has 1 amide bonds. The van der Waals surface area contributed by atoms with Gasteiger partial charge in [-0.25, -0.2) is 4.79 Å². The average Bonchev–Trinajstić information content (AvgIpc) is 3.19. The lowest BCUT2D eigenvalue weighted by Crippen LogP contribution is -2.67. The molecule has 0 bridgehead atoms. The molecular formula is C40H61NO15. The number of hydrogen-bond acceptors (Lipinski definition) is 14. The minimum atomic E-state index is -1.55. The van der Waals surface area contributed by atoms with Crippen LogP contribution < -0.4 is 5.32 Å². The highest BCUT2D eigenvalue weighted by Crippen LogP contribution is 2.40. The summed E-state index contributed by atoms with van der Waals surface area (Å²) >= 11 is 0. The molecule has 2 saturated carbocycles. The smallest absolute Gasteiger partial charge is 0.332 e. The number of carboxylic acid groups (broad SMARTS) is 1. The van der Waals surface area contributed by atoms with Crippen LogP contribution in [0.1, 0.15) is 84.1 Å². The highest BCUT2D eigenvalue weighted by molar-refractivity contribution is 5.74. The number of ether oxygens (including phenoxy) is 7. The molecule has 15 atom stereocenters. The lowest BCUT2D eigenvalue weighted by Gasteiger charge is -2.49. The van der Waals surface area contributed by atoms with Crippen molar-refractivity contribution in [3.63, 3.8) is 0 Å². The Morgan fingerprint density at radius 3 is 2.25 bits per heavy atom. The number of carboxylic acids is 1. The number of carbonyl (C=O) groups excluding carboxylic acids is 2. The van der Waals surface area contributed by atoms with E-state index in [1.165, 1.54) is 14.0 Å². The maximum atomic E-state index is 13.1. The molecule has 0 aromatic heterocycles. The van der Waals surface area contributed by atoms with E-state index >= 15 is 0 Å². The fraction of sp³-hybridized carbons (Fsp3) is 0.775. The van der Waals surface area contributed by atoms with Gasteiger partial charge in [-0.2, -0.15) is 0 Å². The number of rotatable bonds is 16. The van der Waals surface area contributed by atoms with Crippen LogP contribution in [-0.4, -0.2) is 137 Å². The molecule has 2 aliphatic heterocycles. The first-order valence-corrected chi connectivity index (χ1v) is 20.0. The van der Waals surface area contributed by atoms with Gasteiger partial charge in [-0.05, 0) is 43.6 Å². The number of nitrogens with one attached hydrogen (secondary N) is 1. The van der Waals surface area contributed by atoms with E-state index in [1.54, 1.807) is 6.92 Å². The van der Waals surface area contributed by atoms with Gasteiger partial charge in [0.05, 0.1) is 44.6 Å². The molecule has 316 valence electrons. The molecule has 4 aliphatic rings. The van der Waals surface area contributed by atoms with Crippen molar-refractivity contribution < 1.29 is 73.1 Å². The first kappa shape index (κ1) is 44.3. The Balaban J connectivity index is 1.45. The largest absolute Gasteiger partial charge is 0.479 e. The van der Waals surface area contributed by atoms with Crippen molar-refractivity contribution in [1.82, 2.24) is 5.32 Å². The zero-order chi connectivity index (χ0) is 40.5. The van der Waals surface area contributed by atoms with Crippen LogP contribution in [0.4, 0.5) is 0 Å². The summed E-state index contributed by atoms with van der Waals surface area (Å²) in [6, 6.07) is 8.01. The number of aliphatic hydroxyl groups is 4. The molecule has 2 heterocycles. The number of aliphatic carboxylic acids is 1. The molecule has 6 N–H and O–H groups in total. The Kier molecular flexibility index (Phi) is 16.4. The van der Waals surface area contributed by atoms with Gasteiger partial charge >= 0.3 is 11.9 Å². The van der Waals surface area contributed by atoms with Crippen molar-refractivity contribution >= 4 is 17.8 Å². The SMILES string of the molecule is CCC1CC(C(=O)OC)C[C@@H](O[C@@H]2O[C@@H](CO)[C@H](O)C(O[C@@H](CC3CCCCC3)C(=O)O)C2NC(C)=O)[C@@H]1O[C@@H]1OC(C)[C@@H](O)[C@H](O)C1OCc1ccccc1. The number of amides is 1. The van der Waals surface area contributed by atoms with E-state index in [2.05, 4.69) is 5.32 Å². The van der Waals surface area contributed by atoms with Crippen LogP contribution in [0.25, 0.3) is 0 Å². The van der Waals surface area contributed by atoms with E-state index in [9.17, 15) is 39.9 Å². The molecule has 5 rings (SSSR count). The molecule has 0 spiro atoms. The van der Waals surface area contributed by atoms with Gasteiger partial charge in [0.1, 0.15) is 42.7 Å². The average molecular weight is 796 g/mol. The number of carbonyl (C=O) groups is 3. The number of aliphatic hydroxyl groups excluding tert-OH is 4. The highest BCUT2D eigenvalue weighted by Gasteiger charge is 2.53. The minimum Gasteiger partial charge on any atom is -0.479 e. The molecule has 6 unspecified atom stereocenters. The molecule has 1 aromatic rings. The van der Waals surface area contributed by atoms with Gasteiger partial charge in [0.15, 0.2) is 18.7 Å². The van der Waals surface area contributed by atoms with E-state index in [1.807, 2.05) is 37.3 Å². The second-order valence-electron chi connectivity index (χ2n) is 15.7. The predicted octanol–water partition coefficient (Wildman–Crippen LogP) is 1.81. The first-order chi connectivity index (χ1) is 26.8. The van der Waals surface area contributed by atoms with Gasteiger partial charge in [0, 0.05) is 6.92 Å². The van der Waals surface area contributed by atoms with Crippen molar-refractivity contribution in [1.29, 1.82) is 0 Å². The van der Waals surface area contributed by atoms with Crippen LogP contribution in [0, 0.1) is 17.8 Å². The molecule has 2 saturated heterocycles. The topological polar surface area (TPSA) is 229 Å². The summed E-state index contributed by atoms with van der Waals surface area (Å²) in [5, 5.41) is 56.8. The normalized spacial score (nSPS) is 37.4. The van der Waals surface area contributed by atoms with Crippen molar-refractivity contribution in [3.8, 4) is 0 Å². The standard InChI is InChI=1S/C40H61NO15/c1-5-25-17-26(38(49)50-4)18-27(34(25)56-40-36(33(46)31(44)21(2)52-40)51-20-24-14-10-7-11-15-24)54-39-30(41-22(3)43)35(32(45)29(19-42)55-39)53-28(37(47)48)16-23-12-8-6-9-13-23/h7,10-11,14-15,21,23,25-36,39-40,42,44-46H,5-6,8-9,12-13,16-20H2,1-4H3,(H,41,43)(H,47,48)/t21?,25?,26?,27-,28+,29+,30?,31-,32+,33+,34-,35?,36?,39-,40+/m1/s1. The Labute approximate surface area is 328 Å². The summed E-state index contributed by atoms with van der Waals surface area (Å²) in [6.07, 6.45) is -8.81. The second-order valence-corrected chi connectivity index (χ2v) is 15.7. The lowest BCUT2D eigenvalue weighted by molar-refractivity contribution is -0.344. The lowest BCUT2D eigenvalue weighted by atomic mass is 9.76. The van der Waals surface area contributed by atoms with E-state index in [0.717, 1.165) is 37.7 Å². The third-order valence-electron chi connectivity index (χ3n) is 11.8. The molecule has 56 heavy (non-hydrogen) atoms. The Hall–Kier alpha value is -2.77. The van der Waals surface area contributed by atoms with E-state index in [4.69, 9.17) is 33.2 Å². The Morgan fingerprint density at radius 1 is 0.911 bits per heavy atom. The van der Waals surface area contributed by atoms with Crippen LogP contribution >= 0.6 is 0 Å². The number of methoxy groups -OCH3 is 1. The van der Waals surface area contributed by atoms with Crippen LogP contribution in [0.3, 0.4) is 0 Å². The van der Waals surface area contributed by atoms with E-state index < -0.39 is 110 Å². The number of benzene rings is 1. The van der Waals surface area contributed by atoms with Crippen LogP contribution in [0.15, 0.2) is 30.3 Å². The Bertz CT molecular complexity index is 1400. The summed E-state index contributed by atoms with van der Waals surface area (Å²) in [6.45, 7) is 4.16.